The van der Waals surface area contributed by atoms with Crippen molar-refractivity contribution >= 4 is 0 Å². The molecule has 2 aliphatic rings. The quantitative estimate of drug-likeness (QED) is 0.656. The summed E-state index contributed by atoms with van der Waals surface area (Å²) in [5.41, 5.74) is -0.349. The van der Waals surface area contributed by atoms with Gasteiger partial charge in [0.1, 0.15) is 0 Å². The van der Waals surface area contributed by atoms with E-state index in [1.807, 2.05) is 4.90 Å². The molecule has 0 radical (unpaired) electrons. The first-order chi connectivity index (χ1) is 6.08. The average Bonchev–Trinajstić information content (AvgIpc) is 2.40. The van der Waals surface area contributed by atoms with Crippen LogP contribution in [0, 0.1) is 0 Å². The van der Waals surface area contributed by atoms with Crippen molar-refractivity contribution in [3.05, 3.63) is 0 Å². The van der Waals surface area contributed by atoms with Crippen LogP contribution in [0.3, 0.4) is 0 Å². The molecule has 76 valence electrons. The lowest BCUT2D eigenvalue weighted by atomic mass is 9.94. The summed E-state index contributed by atoms with van der Waals surface area (Å²) < 4.78 is 31.3. The second kappa shape index (κ2) is 2.89. The topological polar surface area (TPSA) is 12.5 Å². The molecule has 0 aromatic carbocycles. The Bertz CT molecular complexity index is 210. The summed E-state index contributed by atoms with van der Waals surface area (Å²) in [7, 11) is 1.59. The number of rotatable bonds is 2. The van der Waals surface area contributed by atoms with Crippen molar-refractivity contribution in [1.82, 2.24) is 4.90 Å². The molecule has 2 aliphatic heterocycles. The first-order valence-electron chi connectivity index (χ1n) is 4.70. The van der Waals surface area contributed by atoms with Crippen molar-refractivity contribution < 1.29 is 13.5 Å². The molecule has 0 amide bonds. The van der Waals surface area contributed by atoms with Gasteiger partial charge in [0.15, 0.2) is 0 Å². The molecule has 0 spiro atoms. The molecule has 2 saturated heterocycles. The smallest absolute Gasteiger partial charge is 0.262 e. The number of nitrogens with zero attached hydrogens (tertiary/aromatic N) is 1. The summed E-state index contributed by atoms with van der Waals surface area (Å²) in [6.45, 7) is 1.18. The SMILES string of the molecule is COC[C@]12CCCN1CC(F)(F)C2. The number of hydrogen-bond acceptors (Lipinski definition) is 2. The van der Waals surface area contributed by atoms with Gasteiger partial charge in [-0.1, -0.05) is 0 Å². The van der Waals surface area contributed by atoms with Gasteiger partial charge in [-0.25, -0.2) is 8.78 Å². The molecule has 2 heterocycles. The van der Waals surface area contributed by atoms with Crippen molar-refractivity contribution in [3.63, 3.8) is 0 Å². The Morgan fingerprint density at radius 1 is 1.46 bits per heavy atom. The number of fused-ring (bicyclic) bond motifs is 1. The first kappa shape index (κ1) is 9.34. The van der Waals surface area contributed by atoms with Gasteiger partial charge < -0.3 is 4.74 Å². The second-order valence-electron chi connectivity index (χ2n) is 4.22. The minimum Gasteiger partial charge on any atom is -0.383 e. The molecule has 13 heavy (non-hydrogen) atoms. The largest absolute Gasteiger partial charge is 0.383 e. The lowest BCUT2D eigenvalue weighted by molar-refractivity contribution is 0.00618. The fourth-order valence-corrected chi connectivity index (χ4v) is 2.74. The van der Waals surface area contributed by atoms with Crippen molar-refractivity contribution in [2.45, 2.75) is 30.7 Å². The third-order valence-electron chi connectivity index (χ3n) is 3.16. The zero-order valence-corrected chi connectivity index (χ0v) is 7.85. The summed E-state index contributed by atoms with van der Waals surface area (Å²) in [5.74, 6) is -2.50. The van der Waals surface area contributed by atoms with E-state index in [1.165, 1.54) is 0 Å². The van der Waals surface area contributed by atoms with Crippen LogP contribution >= 0.6 is 0 Å². The zero-order valence-electron chi connectivity index (χ0n) is 7.85. The molecule has 2 nitrogen and oxygen atoms in total. The molecule has 0 unspecified atom stereocenters. The van der Waals surface area contributed by atoms with Gasteiger partial charge in [-0.15, -0.1) is 0 Å². The zero-order chi connectivity index (χ0) is 9.53. The van der Waals surface area contributed by atoms with Crippen molar-refractivity contribution in [1.29, 1.82) is 0 Å². The van der Waals surface area contributed by atoms with Gasteiger partial charge in [0, 0.05) is 13.5 Å². The van der Waals surface area contributed by atoms with E-state index in [9.17, 15) is 8.78 Å². The Balaban J connectivity index is 2.15. The summed E-state index contributed by atoms with van der Waals surface area (Å²) in [6, 6.07) is 0. The molecule has 0 aliphatic carbocycles. The highest BCUT2D eigenvalue weighted by Gasteiger charge is 2.56. The van der Waals surface area contributed by atoms with Gasteiger partial charge in [0.05, 0.1) is 18.7 Å². The Hall–Kier alpha value is -0.220. The number of methoxy groups -OCH3 is 1. The van der Waals surface area contributed by atoms with Crippen LogP contribution in [0.5, 0.6) is 0 Å². The number of halogens is 2. The van der Waals surface area contributed by atoms with E-state index < -0.39 is 5.92 Å². The van der Waals surface area contributed by atoms with E-state index in [0.717, 1.165) is 19.4 Å². The molecule has 4 heteroatoms. The van der Waals surface area contributed by atoms with E-state index in [0.29, 0.717) is 6.61 Å². The predicted octanol–water partition coefficient (Wildman–Crippen LogP) is 1.51. The van der Waals surface area contributed by atoms with Crippen LogP contribution in [0.2, 0.25) is 0 Å². The summed E-state index contributed by atoms with van der Waals surface area (Å²) in [6.07, 6.45) is 1.86. The molecule has 2 rings (SSSR count). The first-order valence-corrected chi connectivity index (χ1v) is 4.70. The van der Waals surface area contributed by atoms with Gasteiger partial charge in [0.2, 0.25) is 0 Å². The number of alkyl halides is 2. The second-order valence-corrected chi connectivity index (χ2v) is 4.22. The lowest BCUT2D eigenvalue weighted by Crippen LogP contribution is -2.42. The van der Waals surface area contributed by atoms with Crippen molar-refractivity contribution in [2.24, 2.45) is 0 Å². The molecule has 0 N–H and O–H groups in total. The number of ether oxygens (including phenoxy) is 1. The fourth-order valence-electron chi connectivity index (χ4n) is 2.74. The third kappa shape index (κ3) is 1.46. The summed E-state index contributed by atoms with van der Waals surface area (Å²) >= 11 is 0. The summed E-state index contributed by atoms with van der Waals surface area (Å²) in [5, 5.41) is 0. The maximum absolute atomic E-state index is 13.1. The molecule has 2 fully saturated rings. The minimum absolute atomic E-state index is 0.0200. The van der Waals surface area contributed by atoms with Crippen LogP contribution in [0.25, 0.3) is 0 Å². The Labute approximate surface area is 76.9 Å². The standard InChI is InChI=1S/C9H15F2NO/c1-13-7-8-3-2-4-12(8)6-9(10,11)5-8/h2-7H2,1H3/t8-/m1/s1. The summed E-state index contributed by atoms with van der Waals surface area (Å²) in [4.78, 5) is 1.90. The minimum atomic E-state index is -2.50. The highest BCUT2D eigenvalue weighted by Crippen LogP contribution is 2.45. The fraction of sp³-hybridized carbons (Fsp3) is 1.00. The third-order valence-corrected chi connectivity index (χ3v) is 3.16. The monoisotopic (exact) mass is 191 g/mol. The highest BCUT2D eigenvalue weighted by atomic mass is 19.3. The van der Waals surface area contributed by atoms with Gasteiger partial charge in [-0.2, -0.15) is 0 Å². The normalized spacial score (nSPS) is 38.1. The molecule has 0 aromatic heterocycles. The average molecular weight is 191 g/mol. The van der Waals surface area contributed by atoms with Gasteiger partial charge >= 0.3 is 0 Å². The van der Waals surface area contributed by atoms with Crippen LogP contribution in [0.4, 0.5) is 8.78 Å². The molecule has 0 bridgehead atoms. The van der Waals surface area contributed by atoms with Crippen LogP contribution in [-0.2, 0) is 4.74 Å². The van der Waals surface area contributed by atoms with Crippen LogP contribution in [0.1, 0.15) is 19.3 Å². The molecule has 0 saturated carbocycles. The van der Waals surface area contributed by atoms with E-state index >= 15 is 0 Å². The molecular formula is C9H15F2NO. The van der Waals surface area contributed by atoms with Gasteiger partial charge in [-0.3, -0.25) is 4.90 Å². The van der Waals surface area contributed by atoms with Crippen molar-refractivity contribution in [3.8, 4) is 0 Å². The Morgan fingerprint density at radius 3 is 2.92 bits per heavy atom. The Morgan fingerprint density at radius 2 is 2.23 bits per heavy atom. The van der Waals surface area contributed by atoms with Crippen molar-refractivity contribution in [2.75, 3.05) is 26.8 Å². The highest BCUT2D eigenvalue weighted by molar-refractivity contribution is 5.06. The molecule has 1 atom stereocenters. The van der Waals surface area contributed by atoms with E-state index in [2.05, 4.69) is 0 Å². The van der Waals surface area contributed by atoms with Crippen LogP contribution < -0.4 is 0 Å². The van der Waals surface area contributed by atoms with Gasteiger partial charge in [-0.05, 0) is 19.4 Å². The van der Waals surface area contributed by atoms with E-state index in [1.54, 1.807) is 7.11 Å². The van der Waals surface area contributed by atoms with E-state index in [-0.39, 0.29) is 18.5 Å². The maximum Gasteiger partial charge on any atom is 0.262 e. The number of hydrogen-bond donors (Lipinski definition) is 0. The van der Waals surface area contributed by atoms with Crippen LogP contribution in [-0.4, -0.2) is 43.2 Å². The predicted molar refractivity (Wildman–Crippen MR) is 45.0 cm³/mol. The van der Waals surface area contributed by atoms with E-state index in [4.69, 9.17) is 4.74 Å². The molecule has 0 aromatic rings. The van der Waals surface area contributed by atoms with Gasteiger partial charge in [0.25, 0.3) is 5.92 Å². The van der Waals surface area contributed by atoms with Crippen LogP contribution in [0.15, 0.2) is 0 Å². The Kier molecular flexibility index (Phi) is 2.07. The lowest BCUT2D eigenvalue weighted by Gasteiger charge is -2.29. The maximum atomic E-state index is 13.1. The molecular weight excluding hydrogens is 176 g/mol.